The van der Waals surface area contributed by atoms with Crippen LogP contribution in [0, 0.1) is 5.92 Å². The van der Waals surface area contributed by atoms with E-state index in [0.29, 0.717) is 0 Å². The van der Waals surface area contributed by atoms with Crippen molar-refractivity contribution >= 4 is 16.6 Å². The van der Waals surface area contributed by atoms with Gasteiger partial charge in [0.25, 0.3) is 0 Å². The molecule has 3 nitrogen and oxygen atoms in total. The summed E-state index contributed by atoms with van der Waals surface area (Å²) in [5.41, 5.74) is 0. The Balaban J connectivity index is 2.30. The molecule has 17 heavy (non-hydrogen) atoms. The third-order valence-electron chi connectivity index (χ3n) is 3.18. The van der Waals surface area contributed by atoms with E-state index in [-0.39, 0.29) is 18.6 Å². The molecule has 0 spiro atoms. The van der Waals surface area contributed by atoms with Gasteiger partial charge in [-0.25, -0.2) is 4.98 Å². The van der Waals surface area contributed by atoms with E-state index in [1.807, 2.05) is 25.1 Å². The summed E-state index contributed by atoms with van der Waals surface area (Å²) in [6.07, 6.45) is 1.81. The highest BCUT2D eigenvalue weighted by Gasteiger charge is 2.12. The fraction of sp³-hybridized carbons (Fsp3) is 0.357. The van der Waals surface area contributed by atoms with Crippen LogP contribution in [0.2, 0.25) is 0 Å². The Labute approximate surface area is 102 Å². The number of hydrogen-bond donors (Lipinski definition) is 2. The van der Waals surface area contributed by atoms with Crippen LogP contribution in [0.1, 0.15) is 13.8 Å². The van der Waals surface area contributed by atoms with Crippen molar-refractivity contribution in [3.05, 3.63) is 36.5 Å². The fourth-order valence-electron chi connectivity index (χ4n) is 1.75. The zero-order chi connectivity index (χ0) is 12.3. The van der Waals surface area contributed by atoms with Crippen LogP contribution in [0.5, 0.6) is 0 Å². The van der Waals surface area contributed by atoms with Gasteiger partial charge in [0.2, 0.25) is 0 Å². The zero-order valence-corrected chi connectivity index (χ0v) is 10.2. The lowest BCUT2D eigenvalue weighted by molar-refractivity contribution is 0.226. The molecule has 1 aromatic heterocycles. The Morgan fingerprint density at radius 1 is 1.24 bits per heavy atom. The Hall–Kier alpha value is -1.61. The van der Waals surface area contributed by atoms with E-state index in [1.165, 1.54) is 5.39 Å². The molecule has 0 aliphatic heterocycles. The van der Waals surface area contributed by atoms with Crippen molar-refractivity contribution in [2.75, 3.05) is 11.9 Å². The molecule has 0 saturated carbocycles. The molecule has 1 heterocycles. The Bertz CT molecular complexity index is 493. The summed E-state index contributed by atoms with van der Waals surface area (Å²) in [7, 11) is 0. The molecule has 2 atom stereocenters. The summed E-state index contributed by atoms with van der Waals surface area (Å²) >= 11 is 0. The molecule has 0 fully saturated rings. The first-order valence-corrected chi connectivity index (χ1v) is 5.93. The minimum Gasteiger partial charge on any atom is -0.396 e. The molecule has 0 bridgehead atoms. The first kappa shape index (κ1) is 11.9. The van der Waals surface area contributed by atoms with Crippen LogP contribution in [0.4, 0.5) is 5.82 Å². The van der Waals surface area contributed by atoms with Gasteiger partial charge in [-0.2, -0.15) is 0 Å². The number of fused-ring (bicyclic) bond motifs is 1. The number of anilines is 1. The van der Waals surface area contributed by atoms with Crippen LogP contribution in [0.3, 0.4) is 0 Å². The number of aromatic nitrogens is 1. The summed E-state index contributed by atoms with van der Waals surface area (Å²) in [5.74, 6) is 1.09. The standard InChI is InChI=1S/C14H18N2O/c1-10(9-17)11(2)16-14-13-6-4-3-5-12(13)7-8-15-14/h3-8,10-11,17H,9H2,1-2H3,(H,15,16). The summed E-state index contributed by atoms with van der Waals surface area (Å²) in [4.78, 5) is 4.37. The fourth-order valence-corrected chi connectivity index (χ4v) is 1.75. The van der Waals surface area contributed by atoms with Gasteiger partial charge in [-0.15, -0.1) is 0 Å². The highest BCUT2D eigenvalue weighted by molar-refractivity contribution is 5.91. The predicted octanol–water partition coefficient (Wildman–Crippen LogP) is 2.66. The van der Waals surface area contributed by atoms with Gasteiger partial charge in [0, 0.05) is 24.2 Å². The second kappa shape index (κ2) is 5.15. The molecule has 2 unspecified atom stereocenters. The van der Waals surface area contributed by atoms with Crippen LogP contribution >= 0.6 is 0 Å². The van der Waals surface area contributed by atoms with E-state index < -0.39 is 0 Å². The van der Waals surface area contributed by atoms with Gasteiger partial charge in [0.1, 0.15) is 5.82 Å². The monoisotopic (exact) mass is 230 g/mol. The van der Waals surface area contributed by atoms with E-state index in [9.17, 15) is 0 Å². The van der Waals surface area contributed by atoms with Gasteiger partial charge in [-0.05, 0) is 24.3 Å². The molecule has 0 aliphatic rings. The van der Waals surface area contributed by atoms with Gasteiger partial charge >= 0.3 is 0 Å². The molecule has 0 aliphatic carbocycles. The molecule has 3 heteroatoms. The summed E-state index contributed by atoms with van der Waals surface area (Å²) in [6.45, 7) is 4.26. The second-order valence-corrected chi connectivity index (χ2v) is 4.47. The lowest BCUT2D eigenvalue weighted by atomic mass is 10.0. The molecule has 2 aromatic rings. The van der Waals surface area contributed by atoms with Gasteiger partial charge in [0.15, 0.2) is 0 Å². The van der Waals surface area contributed by atoms with Crippen LogP contribution in [-0.4, -0.2) is 22.7 Å². The van der Waals surface area contributed by atoms with Crippen molar-refractivity contribution in [2.45, 2.75) is 19.9 Å². The van der Waals surface area contributed by atoms with Crippen LogP contribution < -0.4 is 5.32 Å². The molecule has 1 aromatic carbocycles. The number of nitrogens with one attached hydrogen (secondary N) is 1. The van der Waals surface area contributed by atoms with Crippen LogP contribution in [0.25, 0.3) is 10.8 Å². The quantitative estimate of drug-likeness (QED) is 0.848. The molecule has 0 saturated heterocycles. The van der Waals surface area contributed by atoms with Crippen molar-refractivity contribution in [1.29, 1.82) is 0 Å². The van der Waals surface area contributed by atoms with E-state index >= 15 is 0 Å². The van der Waals surface area contributed by atoms with E-state index in [1.54, 1.807) is 6.20 Å². The second-order valence-electron chi connectivity index (χ2n) is 4.47. The molecule has 2 rings (SSSR count). The van der Waals surface area contributed by atoms with E-state index in [2.05, 4.69) is 29.4 Å². The number of pyridine rings is 1. The van der Waals surface area contributed by atoms with E-state index in [4.69, 9.17) is 5.11 Å². The first-order chi connectivity index (χ1) is 8.22. The maximum Gasteiger partial charge on any atom is 0.134 e. The molecule has 2 N–H and O–H groups in total. The number of nitrogens with zero attached hydrogens (tertiary/aromatic N) is 1. The largest absolute Gasteiger partial charge is 0.396 e. The SMILES string of the molecule is CC(CO)C(C)Nc1nccc2ccccc12. The summed E-state index contributed by atoms with van der Waals surface area (Å²) in [5, 5.41) is 14.8. The van der Waals surface area contributed by atoms with Gasteiger partial charge in [-0.3, -0.25) is 0 Å². The number of rotatable bonds is 4. The Kier molecular flexibility index (Phi) is 3.59. The highest BCUT2D eigenvalue weighted by atomic mass is 16.3. The molecular formula is C14H18N2O. The number of hydrogen-bond acceptors (Lipinski definition) is 3. The third kappa shape index (κ3) is 2.56. The number of aliphatic hydroxyl groups is 1. The van der Waals surface area contributed by atoms with Crippen LogP contribution in [0.15, 0.2) is 36.5 Å². The Morgan fingerprint density at radius 3 is 2.76 bits per heavy atom. The number of benzene rings is 1. The topological polar surface area (TPSA) is 45.1 Å². The maximum absolute atomic E-state index is 9.14. The molecule has 0 radical (unpaired) electrons. The predicted molar refractivity (Wildman–Crippen MR) is 71.1 cm³/mol. The number of aliphatic hydroxyl groups excluding tert-OH is 1. The minimum absolute atomic E-state index is 0.179. The third-order valence-corrected chi connectivity index (χ3v) is 3.18. The van der Waals surface area contributed by atoms with Crippen LogP contribution in [-0.2, 0) is 0 Å². The van der Waals surface area contributed by atoms with Gasteiger partial charge in [0.05, 0.1) is 0 Å². The first-order valence-electron chi connectivity index (χ1n) is 5.93. The average molecular weight is 230 g/mol. The lowest BCUT2D eigenvalue weighted by Crippen LogP contribution is -2.26. The van der Waals surface area contributed by atoms with Crippen molar-refractivity contribution in [2.24, 2.45) is 5.92 Å². The highest BCUT2D eigenvalue weighted by Crippen LogP contribution is 2.21. The van der Waals surface area contributed by atoms with E-state index in [0.717, 1.165) is 11.2 Å². The van der Waals surface area contributed by atoms with Gasteiger partial charge in [-0.1, -0.05) is 31.2 Å². The smallest absolute Gasteiger partial charge is 0.134 e. The van der Waals surface area contributed by atoms with Crippen molar-refractivity contribution in [3.8, 4) is 0 Å². The minimum atomic E-state index is 0.179. The Morgan fingerprint density at radius 2 is 2.00 bits per heavy atom. The lowest BCUT2D eigenvalue weighted by Gasteiger charge is -2.20. The zero-order valence-electron chi connectivity index (χ0n) is 10.2. The summed E-state index contributed by atoms with van der Waals surface area (Å²) < 4.78 is 0. The average Bonchev–Trinajstić information content (AvgIpc) is 2.38. The molecule has 0 amide bonds. The normalized spacial score (nSPS) is 14.5. The summed E-state index contributed by atoms with van der Waals surface area (Å²) in [6, 6.07) is 10.4. The van der Waals surface area contributed by atoms with Crippen molar-refractivity contribution < 1.29 is 5.11 Å². The molecular weight excluding hydrogens is 212 g/mol. The molecule has 90 valence electrons. The van der Waals surface area contributed by atoms with Gasteiger partial charge < -0.3 is 10.4 Å². The maximum atomic E-state index is 9.14. The van der Waals surface area contributed by atoms with Crippen molar-refractivity contribution in [1.82, 2.24) is 4.98 Å². The van der Waals surface area contributed by atoms with Crippen molar-refractivity contribution in [3.63, 3.8) is 0 Å².